The van der Waals surface area contributed by atoms with Crippen LogP contribution >= 0.6 is 35.6 Å². The second-order valence-electron chi connectivity index (χ2n) is 6.99. The van der Waals surface area contributed by atoms with Crippen molar-refractivity contribution >= 4 is 41.5 Å². The molecule has 29 heavy (non-hydrogen) atoms. The number of hydrogen-bond acceptors (Lipinski definition) is 3. The van der Waals surface area contributed by atoms with Gasteiger partial charge in [-0.1, -0.05) is 48.0 Å². The van der Waals surface area contributed by atoms with Crippen molar-refractivity contribution in [2.75, 3.05) is 26.2 Å². The number of nitrogens with one attached hydrogen (secondary N) is 2. The molecule has 2 unspecified atom stereocenters. The average Bonchev–Trinajstić information content (AvgIpc) is 2.74. The van der Waals surface area contributed by atoms with Gasteiger partial charge in [0.2, 0.25) is 0 Å². The Morgan fingerprint density at radius 1 is 1.21 bits per heavy atom. The van der Waals surface area contributed by atoms with Crippen LogP contribution in [0.4, 0.5) is 0 Å². The van der Waals surface area contributed by atoms with Crippen LogP contribution in [0.2, 0.25) is 5.15 Å². The molecular formula is C22H30ClIN4O. The van der Waals surface area contributed by atoms with Crippen LogP contribution in [0.5, 0.6) is 0 Å². The lowest BCUT2D eigenvalue weighted by Crippen LogP contribution is -2.39. The Labute approximate surface area is 195 Å². The molecule has 7 heteroatoms. The van der Waals surface area contributed by atoms with Crippen LogP contribution in [0, 0.1) is 5.92 Å². The maximum absolute atomic E-state index is 6.09. The number of ether oxygens (including phenoxy) is 1. The molecule has 2 heterocycles. The third kappa shape index (κ3) is 7.75. The van der Waals surface area contributed by atoms with Crippen LogP contribution < -0.4 is 10.6 Å². The Morgan fingerprint density at radius 2 is 2.03 bits per heavy atom. The van der Waals surface area contributed by atoms with Crippen molar-refractivity contribution in [1.29, 1.82) is 0 Å². The highest BCUT2D eigenvalue weighted by atomic mass is 127. The molecule has 1 aliphatic heterocycles. The fourth-order valence-electron chi connectivity index (χ4n) is 3.47. The topological polar surface area (TPSA) is 58.5 Å². The summed E-state index contributed by atoms with van der Waals surface area (Å²) in [5.41, 5.74) is 2.40. The van der Waals surface area contributed by atoms with E-state index in [1.807, 2.05) is 24.4 Å². The molecule has 1 saturated heterocycles. The minimum atomic E-state index is 0. The maximum Gasteiger partial charge on any atom is 0.191 e. The van der Waals surface area contributed by atoms with Crippen LogP contribution in [-0.4, -0.2) is 37.2 Å². The number of halogens is 2. The van der Waals surface area contributed by atoms with Gasteiger partial charge in [-0.2, -0.15) is 0 Å². The molecule has 3 rings (SSSR count). The quantitative estimate of drug-likeness (QED) is 0.238. The fraction of sp³-hybridized carbons (Fsp3) is 0.455. The van der Waals surface area contributed by atoms with Gasteiger partial charge in [0.1, 0.15) is 5.15 Å². The van der Waals surface area contributed by atoms with E-state index >= 15 is 0 Å². The van der Waals surface area contributed by atoms with Crippen molar-refractivity contribution in [1.82, 2.24) is 15.6 Å². The summed E-state index contributed by atoms with van der Waals surface area (Å²) in [5, 5.41) is 7.27. The molecule has 2 N–H and O–H groups in total. The molecule has 0 radical (unpaired) electrons. The van der Waals surface area contributed by atoms with Gasteiger partial charge in [0.05, 0.1) is 6.10 Å². The summed E-state index contributed by atoms with van der Waals surface area (Å²) in [4.78, 5) is 8.96. The van der Waals surface area contributed by atoms with E-state index in [9.17, 15) is 0 Å². The van der Waals surface area contributed by atoms with E-state index in [2.05, 4.69) is 46.8 Å². The summed E-state index contributed by atoms with van der Waals surface area (Å²) in [5.74, 6) is 1.24. The number of guanidine groups is 1. The summed E-state index contributed by atoms with van der Waals surface area (Å²) in [6.07, 6.45) is 5.04. The number of rotatable bonds is 7. The molecule has 1 aromatic heterocycles. The molecule has 158 valence electrons. The van der Waals surface area contributed by atoms with Gasteiger partial charge in [-0.05, 0) is 43.4 Å². The molecular weight excluding hydrogens is 499 g/mol. The van der Waals surface area contributed by atoms with Gasteiger partial charge in [0.25, 0.3) is 0 Å². The molecule has 0 amide bonds. The van der Waals surface area contributed by atoms with Crippen molar-refractivity contribution in [3.63, 3.8) is 0 Å². The SMILES string of the molecule is CCNC(=NCC1CCCOC1c1ccccc1)NCCc1ccc(Cl)nc1.I. The summed E-state index contributed by atoms with van der Waals surface area (Å²) >= 11 is 5.84. The zero-order chi connectivity index (χ0) is 19.6. The highest BCUT2D eigenvalue weighted by molar-refractivity contribution is 14.0. The Kier molecular flexibility index (Phi) is 10.7. The minimum absolute atomic E-state index is 0. The maximum atomic E-state index is 6.09. The Hall–Kier alpha value is -1.38. The van der Waals surface area contributed by atoms with Gasteiger partial charge in [0.15, 0.2) is 5.96 Å². The first-order valence-electron chi connectivity index (χ1n) is 10.1. The standard InChI is InChI=1S/C22H29ClN4O.HI/c1-2-24-22(25-13-12-17-10-11-20(23)26-15-17)27-16-19-9-6-14-28-21(19)18-7-4-3-5-8-18;/h3-5,7-8,10-11,15,19,21H,2,6,9,12-14,16H2,1H3,(H2,24,25,27);1H. The average molecular weight is 529 g/mol. The lowest BCUT2D eigenvalue weighted by atomic mass is 9.89. The van der Waals surface area contributed by atoms with Crippen molar-refractivity contribution in [2.45, 2.75) is 32.3 Å². The smallest absolute Gasteiger partial charge is 0.191 e. The number of pyridine rings is 1. The van der Waals surface area contributed by atoms with E-state index in [0.717, 1.165) is 57.0 Å². The first-order chi connectivity index (χ1) is 13.8. The van der Waals surface area contributed by atoms with Gasteiger partial charge in [-0.15, -0.1) is 24.0 Å². The van der Waals surface area contributed by atoms with Crippen molar-refractivity contribution in [2.24, 2.45) is 10.9 Å². The number of benzene rings is 1. The van der Waals surface area contributed by atoms with Crippen LogP contribution in [0.1, 0.15) is 37.0 Å². The third-order valence-corrected chi connectivity index (χ3v) is 5.12. The van der Waals surface area contributed by atoms with E-state index in [-0.39, 0.29) is 30.1 Å². The molecule has 1 aromatic carbocycles. The molecule has 0 aliphatic carbocycles. The largest absolute Gasteiger partial charge is 0.373 e. The van der Waals surface area contributed by atoms with E-state index < -0.39 is 0 Å². The summed E-state index contributed by atoms with van der Waals surface area (Å²) in [6, 6.07) is 14.3. The molecule has 2 aromatic rings. The zero-order valence-electron chi connectivity index (χ0n) is 16.8. The van der Waals surface area contributed by atoms with Gasteiger partial charge in [-0.25, -0.2) is 4.98 Å². The predicted octanol–water partition coefficient (Wildman–Crippen LogP) is 4.62. The van der Waals surface area contributed by atoms with E-state index in [1.165, 1.54) is 5.56 Å². The summed E-state index contributed by atoms with van der Waals surface area (Å²) in [7, 11) is 0. The van der Waals surface area contributed by atoms with Gasteiger partial charge < -0.3 is 15.4 Å². The number of aliphatic imine (C=N–C) groups is 1. The first-order valence-corrected chi connectivity index (χ1v) is 10.4. The number of nitrogens with zero attached hydrogens (tertiary/aromatic N) is 2. The van der Waals surface area contributed by atoms with E-state index in [4.69, 9.17) is 21.3 Å². The van der Waals surface area contributed by atoms with Crippen LogP contribution in [0.25, 0.3) is 0 Å². The van der Waals surface area contributed by atoms with Crippen LogP contribution in [0.3, 0.4) is 0 Å². The first kappa shape index (κ1) is 23.9. The monoisotopic (exact) mass is 528 g/mol. The third-order valence-electron chi connectivity index (χ3n) is 4.90. The Bertz CT molecular complexity index is 742. The molecule has 0 saturated carbocycles. The molecule has 0 bridgehead atoms. The molecule has 5 nitrogen and oxygen atoms in total. The molecule has 1 fully saturated rings. The molecule has 0 spiro atoms. The molecule has 1 aliphatic rings. The van der Waals surface area contributed by atoms with Crippen LogP contribution in [-0.2, 0) is 11.2 Å². The Morgan fingerprint density at radius 3 is 2.76 bits per heavy atom. The highest BCUT2D eigenvalue weighted by Gasteiger charge is 2.27. The Balaban J connectivity index is 0.00000300. The number of aromatic nitrogens is 1. The molecule has 2 atom stereocenters. The van der Waals surface area contributed by atoms with E-state index in [1.54, 1.807) is 0 Å². The lowest BCUT2D eigenvalue weighted by molar-refractivity contribution is -0.0250. The lowest BCUT2D eigenvalue weighted by Gasteiger charge is -2.31. The van der Waals surface area contributed by atoms with Gasteiger partial charge in [0, 0.05) is 38.4 Å². The predicted molar refractivity (Wildman–Crippen MR) is 130 cm³/mol. The van der Waals surface area contributed by atoms with Gasteiger partial charge in [-0.3, -0.25) is 4.99 Å². The number of hydrogen-bond donors (Lipinski definition) is 2. The van der Waals surface area contributed by atoms with Crippen molar-refractivity contribution in [3.05, 3.63) is 64.9 Å². The van der Waals surface area contributed by atoms with E-state index in [0.29, 0.717) is 11.1 Å². The highest BCUT2D eigenvalue weighted by Crippen LogP contribution is 2.33. The second kappa shape index (κ2) is 13.0. The summed E-state index contributed by atoms with van der Waals surface area (Å²) in [6.45, 7) is 5.28. The summed E-state index contributed by atoms with van der Waals surface area (Å²) < 4.78 is 6.09. The fourth-order valence-corrected chi connectivity index (χ4v) is 3.58. The van der Waals surface area contributed by atoms with Gasteiger partial charge >= 0.3 is 0 Å². The van der Waals surface area contributed by atoms with Crippen molar-refractivity contribution < 1.29 is 4.74 Å². The van der Waals surface area contributed by atoms with Crippen molar-refractivity contribution in [3.8, 4) is 0 Å². The zero-order valence-corrected chi connectivity index (χ0v) is 19.9. The minimum Gasteiger partial charge on any atom is -0.373 e. The normalized spacial score (nSPS) is 19.3. The van der Waals surface area contributed by atoms with Crippen LogP contribution in [0.15, 0.2) is 53.7 Å². The second-order valence-corrected chi connectivity index (χ2v) is 7.38.